The molecule has 0 saturated carbocycles. The molecular formula is C26H22N4O3. The Kier molecular flexibility index (Phi) is 5.36. The molecule has 3 heterocycles. The maximum absolute atomic E-state index is 12.1. The van der Waals surface area contributed by atoms with E-state index in [4.69, 9.17) is 4.74 Å². The van der Waals surface area contributed by atoms with Gasteiger partial charge in [-0.3, -0.25) is 10.1 Å². The van der Waals surface area contributed by atoms with E-state index in [1.807, 2.05) is 73.7 Å². The molecule has 164 valence electrons. The van der Waals surface area contributed by atoms with Crippen LogP contribution < -0.4 is 4.74 Å². The lowest BCUT2D eigenvalue weighted by molar-refractivity contribution is 0.0686. The van der Waals surface area contributed by atoms with E-state index < -0.39 is 5.97 Å². The zero-order chi connectivity index (χ0) is 22.8. The molecule has 3 aromatic heterocycles. The van der Waals surface area contributed by atoms with Gasteiger partial charge < -0.3 is 14.4 Å². The summed E-state index contributed by atoms with van der Waals surface area (Å²) in [4.78, 5) is 16.7. The average molecular weight is 438 g/mol. The SMILES string of the molecule is CCOc1cccc(-c2nccc3c2cc(C(=O)O)n3Cc2cc(-c3ccccc3)n[nH]2)c1. The Morgan fingerprint density at radius 2 is 1.85 bits per heavy atom. The Hall–Kier alpha value is -4.39. The Morgan fingerprint density at radius 1 is 1.03 bits per heavy atom. The van der Waals surface area contributed by atoms with Gasteiger partial charge in [-0.1, -0.05) is 42.5 Å². The van der Waals surface area contributed by atoms with Gasteiger partial charge in [0.05, 0.1) is 35.8 Å². The van der Waals surface area contributed by atoms with Crippen molar-refractivity contribution in [3.63, 3.8) is 0 Å². The normalized spacial score (nSPS) is 11.1. The number of nitrogens with zero attached hydrogens (tertiary/aromatic N) is 3. The molecule has 0 atom stereocenters. The highest BCUT2D eigenvalue weighted by Gasteiger charge is 2.19. The van der Waals surface area contributed by atoms with E-state index in [2.05, 4.69) is 15.2 Å². The first-order chi connectivity index (χ1) is 16.1. The highest BCUT2D eigenvalue weighted by molar-refractivity contribution is 6.00. The van der Waals surface area contributed by atoms with E-state index in [0.717, 1.165) is 39.2 Å². The summed E-state index contributed by atoms with van der Waals surface area (Å²) in [5.74, 6) is -0.249. The molecule has 0 saturated heterocycles. The molecule has 7 heteroatoms. The summed E-state index contributed by atoms with van der Waals surface area (Å²) in [6.45, 7) is 2.84. The summed E-state index contributed by atoms with van der Waals surface area (Å²) < 4.78 is 7.40. The number of carboxylic acid groups (broad SMARTS) is 1. The second-order valence-electron chi connectivity index (χ2n) is 7.62. The minimum atomic E-state index is -0.997. The van der Waals surface area contributed by atoms with Gasteiger partial charge in [0.2, 0.25) is 0 Å². The minimum Gasteiger partial charge on any atom is -0.494 e. The number of H-pyrrole nitrogens is 1. The van der Waals surface area contributed by atoms with Gasteiger partial charge in [-0.15, -0.1) is 0 Å². The minimum absolute atomic E-state index is 0.191. The molecule has 0 bridgehead atoms. The van der Waals surface area contributed by atoms with Gasteiger partial charge >= 0.3 is 5.97 Å². The van der Waals surface area contributed by atoms with Crippen LogP contribution >= 0.6 is 0 Å². The zero-order valence-corrected chi connectivity index (χ0v) is 18.0. The van der Waals surface area contributed by atoms with Crippen LogP contribution in [0.1, 0.15) is 23.1 Å². The third-order valence-electron chi connectivity index (χ3n) is 5.50. The van der Waals surface area contributed by atoms with Crippen LogP contribution in [-0.4, -0.2) is 37.4 Å². The number of benzene rings is 2. The number of hydrogen-bond donors (Lipinski definition) is 2. The van der Waals surface area contributed by atoms with Crippen LogP contribution in [0.25, 0.3) is 33.4 Å². The maximum atomic E-state index is 12.1. The maximum Gasteiger partial charge on any atom is 0.352 e. The first kappa shape index (κ1) is 20.5. The number of fused-ring (bicyclic) bond motifs is 1. The molecule has 2 aromatic carbocycles. The Balaban J connectivity index is 1.58. The lowest BCUT2D eigenvalue weighted by Gasteiger charge is -2.09. The number of pyridine rings is 1. The Labute approximate surface area is 190 Å². The molecule has 0 aliphatic carbocycles. The van der Waals surface area contributed by atoms with E-state index in [9.17, 15) is 9.90 Å². The summed E-state index contributed by atoms with van der Waals surface area (Å²) in [6, 6.07) is 23.0. The molecule has 0 spiro atoms. The lowest BCUT2D eigenvalue weighted by atomic mass is 10.1. The van der Waals surface area contributed by atoms with Crippen molar-refractivity contribution < 1.29 is 14.6 Å². The molecule has 0 unspecified atom stereocenters. The first-order valence-corrected chi connectivity index (χ1v) is 10.7. The quantitative estimate of drug-likeness (QED) is 0.363. The van der Waals surface area contributed by atoms with Crippen LogP contribution in [0.2, 0.25) is 0 Å². The van der Waals surface area contributed by atoms with Gasteiger partial charge in [-0.05, 0) is 37.3 Å². The molecule has 0 aliphatic heterocycles. The van der Waals surface area contributed by atoms with Crippen LogP contribution in [0.15, 0.2) is 79.0 Å². The smallest absolute Gasteiger partial charge is 0.352 e. The van der Waals surface area contributed by atoms with Gasteiger partial charge in [0.15, 0.2) is 0 Å². The number of carboxylic acids is 1. The predicted molar refractivity (Wildman–Crippen MR) is 126 cm³/mol. The monoisotopic (exact) mass is 438 g/mol. The van der Waals surface area contributed by atoms with E-state index in [1.165, 1.54) is 0 Å². The van der Waals surface area contributed by atoms with E-state index in [0.29, 0.717) is 18.8 Å². The average Bonchev–Trinajstić information content (AvgIpc) is 3.45. The van der Waals surface area contributed by atoms with Crippen LogP contribution in [-0.2, 0) is 6.54 Å². The van der Waals surface area contributed by atoms with Gasteiger partial charge in [0.25, 0.3) is 0 Å². The Bertz CT molecular complexity index is 1440. The standard InChI is InChI=1S/C26H22N4O3/c1-2-33-20-10-6-9-18(13-20)25-21-15-24(26(31)32)30(23(21)11-12-27-25)16-19-14-22(29-28-19)17-7-4-3-5-8-17/h3-15H,2,16H2,1H3,(H,28,29)(H,31,32). The number of rotatable bonds is 7. The van der Waals surface area contributed by atoms with Gasteiger partial charge in [-0.2, -0.15) is 5.10 Å². The van der Waals surface area contributed by atoms with Crippen molar-refractivity contribution in [1.82, 2.24) is 19.7 Å². The second-order valence-corrected chi connectivity index (χ2v) is 7.62. The summed E-state index contributed by atoms with van der Waals surface area (Å²) in [6.07, 6.45) is 1.70. The topological polar surface area (TPSA) is 93.0 Å². The van der Waals surface area contributed by atoms with Crippen molar-refractivity contribution >= 4 is 16.9 Å². The molecule has 7 nitrogen and oxygen atoms in total. The molecule has 0 fully saturated rings. The number of aromatic nitrogens is 4. The summed E-state index contributed by atoms with van der Waals surface area (Å²) in [5, 5.41) is 18.1. The van der Waals surface area contributed by atoms with Crippen LogP contribution in [0, 0.1) is 0 Å². The van der Waals surface area contributed by atoms with Crippen LogP contribution in [0.5, 0.6) is 5.75 Å². The van der Waals surface area contributed by atoms with Gasteiger partial charge in [0, 0.05) is 22.7 Å². The third-order valence-corrected chi connectivity index (χ3v) is 5.50. The molecule has 2 N–H and O–H groups in total. The fourth-order valence-electron chi connectivity index (χ4n) is 4.03. The zero-order valence-electron chi connectivity index (χ0n) is 18.0. The van der Waals surface area contributed by atoms with Crippen LogP contribution in [0.3, 0.4) is 0 Å². The summed E-state index contributed by atoms with van der Waals surface area (Å²) in [7, 11) is 0. The van der Waals surface area contributed by atoms with Crippen molar-refractivity contribution in [1.29, 1.82) is 0 Å². The fourth-order valence-corrected chi connectivity index (χ4v) is 4.03. The van der Waals surface area contributed by atoms with Crippen molar-refractivity contribution in [3.8, 4) is 28.3 Å². The molecular weight excluding hydrogens is 416 g/mol. The van der Waals surface area contributed by atoms with E-state index in [-0.39, 0.29) is 5.69 Å². The Morgan fingerprint density at radius 3 is 2.64 bits per heavy atom. The van der Waals surface area contributed by atoms with E-state index >= 15 is 0 Å². The number of nitrogens with one attached hydrogen (secondary N) is 1. The third kappa shape index (κ3) is 3.96. The van der Waals surface area contributed by atoms with Crippen molar-refractivity contribution in [3.05, 3.63) is 90.4 Å². The molecule has 0 amide bonds. The number of aromatic carboxylic acids is 1. The molecule has 0 radical (unpaired) electrons. The largest absolute Gasteiger partial charge is 0.494 e. The highest BCUT2D eigenvalue weighted by Crippen LogP contribution is 2.32. The number of hydrogen-bond acceptors (Lipinski definition) is 4. The number of aromatic amines is 1. The summed E-state index contributed by atoms with van der Waals surface area (Å²) >= 11 is 0. The van der Waals surface area contributed by atoms with Gasteiger partial charge in [-0.25, -0.2) is 4.79 Å². The molecule has 5 aromatic rings. The number of ether oxygens (including phenoxy) is 1. The van der Waals surface area contributed by atoms with Crippen molar-refractivity contribution in [2.24, 2.45) is 0 Å². The fraction of sp³-hybridized carbons (Fsp3) is 0.115. The molecule has 33 heavy (non-hydrogen) atoms. The lowest BCUT2D eigenvalue weighted by Crippen LogP contribution is -2.09. The van der Waals surface area contributed by atoms with Crippen molar-refractivity contribution in [2.45, 2.75) is 13.5 Å². The summed E-state index contributed by atoms with van der Waals surface area (Å²) in [5.41, 5.74) is 5.18. The highest BCUT2D eigenvalue weighted by atomic mass is 16.5. The molecule has 5 rings (SSSR count). The van der Waals surface area contributed by atoms with E-state index in [1.54, 1.807) is 16.8 Å². The van der Waals surface area contributed by atoms with Crippen LogP contribution in [0.4, 0.5) is 0 Å². The predicted octanol–water partition coefficient (Wildman–Crippen LogP) is 5.24. The molecule has 0 aliphatic rings. The van der Waals surface area contributed by atoms with Gasteiger partial charge in [0.1, 0.15) is 11.4 Å². The second kappa shape index (κ2) is 8.63. The first-order valence-electron chi connectivity index (χ1n) is 10.7. The van der Waals surface area contributed by atoms with Crippen molar-refractivity contribution in [2.75, 3.05) is 6.61 Å². The number of carbonyl (C=O) groups is 1.